The summed E-state index contributed by atoms with van der Waals surface area (Å²) in [7, 11) is 0. The van der Waals surface area contributed by atoms with Crippen LogP contribution in [0.3, 0.4) is 0 Å². The van der Waals surface area contributed by atoms with Crippen LogP contribution in [0.4, 0.5) is 5.69 Å². The molecular weight excluding hydrogens is 314 g/mol. The van der Waals surface area contributed by atoms with Gasteiger partial charge in [-0.15, -0.1) is 0 Å². The molecule has 0 fully saturated rings. The van der Waals surface area contributed by atoms with Gasteiger partial charge in [-0.2, -0.15) is 0 Å². The van der Waals surface area contributed by atoms with Gasteiger partial charge in [0.15, 0.2) is 6.10 Å². The van der Waals surface area contributed by atoms with E-state index in [1.807, 2.05) is 0 Å². The molecule has 0 radical (unpaired) electrons. The number of nitro groups is 1. The Kier molecular flexibility index (Phi) is 5.45. The van der Waals surface area contributed by atoms with Crippen molar-refractivity contribution in [3.63, 3.8) is 0 Å². The van der Waals surface area contributed by atoms with Crippen LogP contribution in [0.15, 0.2) is 54.6 Å². The number of nitrogens with one attached hydrogen (secondary N) is 2. The summed E-state index contributed by atoms with van der Waals surface area (Å²) in [5, 5.41) is 10.6. The number of hydrazine groups is 1. The lowest BCUT2D eigenvalue weighted by molar-refractivity contribution is -0.384. The van der Waals surface area contributed by atoms with E-state index in [2.05, 4.69) is 10.9 Å². The molecule has 0 saturated carbocycles. The van der Waals surface area contributed by atoms with Crippen molar-refractivity contribution in [2.24, 2.45) is 0 Å². The van der Waals surface area contributed by atoms with Crippen LogP contribution in [0.25, 0.3) is 0 Å². The zero-order valence-electron chi connectivity index (χ0n) is 12.8. The van der Waals surface area contributed by atoms with Crippen LogP contribution in [-0.2, 0) is 4.79 Å². The van der Waals surface area contributed by atoms with Gasteiger partial charge in [0.1, 0.15) is 5.75 Å². The highest BCUT2D eigenvalue weighted by molar-refractivity contribution is 5.95. The van der Waals surface area contributed by atoms with E-state index >= 15 is 0 Å². The first-order chi connectivity index (χ1) is 11.5. The van der Waals surface area contributed by atoms with Crippen molar-refractivity contribution in [2.45, 2.75) is 13.0 Å². The lowest BCUT2D eigenvalue weighted by Crippen LogP contribution is -2.47. The average molecular weight is 329 g/mol. The van der Waals surface area contributed by atoms with Gasteiger partial charge in [-0.3, -0.25) is 30.6 Å². The van der Waals surface area contributed by atoms with Crippen molar-refractivity contribution in [2.75, 3.05) is 0 Å². The minimum Gasteiger partial charge on any atom is -0.481 e. The zero-order chi connectivity index (χ0) is 17.5. The van der Waals surface area contributed by atoms with Crippen LogP contribution >= 0.6 is 0 Å². The van der Waals surface area contributed by atoms with Gasteiger partial charge in [0.2, 0.25) is 0 Å². The molecule has 0 heterocycles. The van der Waals surface area contributed by atoms with Crippen molar-refractivity contribution < 1.29 is 19.2 Å². The summed E-state index contributed by atoms with van der Waals surface area (Å²) >= 11 is 0. The number of carbonyl (C=O) groups excluding carboxylic acids is 2. The first-order valence-electron chi connectivity index (χ1n) is 7.03. The number of non-ortho nitro benzene ring substituents is 1. The first kappa shape index (κ1) is 16.9. The molecule has 0 unspecified atom stereocenters. The molecular formula is C16H15N3O5. The highest BCUT2D eigenvalue weighted by atomic mass is 16.6. The third-order valence-corrected chi connectivity index (χ3v) is 3.06. The van der Waals surface area contributed by atoms with Crippen LogP contribution in [0.2, 0.25) is 0 Å². The van der Waals surface area contributed by atoms with Gasteiger partial charge in [0.25, 0.3) is 17.5 Å². The van der Waals surface area contributed by atoms with E-state index in [1.165, 1.54) is 31.2 Å². The highest BCUT2D eigenvalue weighted by Gasteiger charge is 2.16. The zero-order valence-corrected chi connectivity index (χ0v) is 12.8. The molecule has 0 aliphatic heterocycles. The van der Waals surface area contributed by atoms with Crippen molar-refractivity contribution in [3.8, 4) is 5.75 Å². The fraction of sp³-hybridized carbons (Fsp3) is 0.125. The maximum absolute atomic E-state index is 11.9. The lowest BCUT2D eigenvalue weighted by atomic mass is 10.2. The van der Waals surface area contributed by atoms with Crippen molar-refractivity contribution >= 4 is 17.5 Å². The molecule has 124 valence electrons. The Morgan fingerprint density at radius 1 is 1.04 bits per heavy atom. The SMILES string of the molecule is C[C@@H](Oc1ccc([N+](=O)[O-])cc1)C(=O)NNC(=O)c1ccccc1. The topological polar surface area (TPSA) is 111 Å². The molecule has 0 aliphatic carbocycles. The summed E-state index contributed by atoms with van der Waals surface area (Å²) in [4.78, 5) is 33.7. The number of amides is 2. The number of ether oxygens (including phenoxy) is 1. The number of benzene rings is 2. The fourth-order valence-electron chi connectivity index (χ4n) is 1.79. The summed E-state index contributed by atoms with van der Waals surface area (Å²) in [6.07, 6.45) is -0.900. The summed E-state index contributed by atoms with van der Waals surface area (Å²) in [5.41, 5.74) is 4.87. The standard InChI is InChI=1S/C16H15N3O5/c1-11(24-14-9-7-13(8-10-14)19(22)23)15(20)17-18-16(21)12-5-3-2-4-6-12/h2-11H,1H3,(H,17,20)(H,18,21)/t11-/m1/s1. The number of rotatable bonds is 5. The third kappa shape index (κ3) is 4.54. The van der Waals surface area contributed by atoms with E-state index in [-0.39, 0.29) is 5.69 Å². The molecule has 8 nitrogen and oxygen atoms in total. The molecule has 2 aromatic carbocycles. The largest absolute Gasteiger partial charge is 0.481 e. The normalized spacial score (nSPS) is 11.2. The predicted octanol–water partition coefficient (Wildman–Crippen LogP) is 1.82. The quantitative estimate of drug-likeness (QED) is 0.642. The lowest BCUT2D eigenvalue weighted by Gasteiger charge is -2.15. The average Bonchev–Trinajstić information content (AvgIpc) is 2.60. The molecule has 0 bridgehead atoms. The highest BCUT2D eigenvalue weighted by Crippen LogP contribution is 2.18. The second-order valence-corrected chi connectivity index (χ2v) is 4.82. The summed E-state index contributed by atoms with van der Waals surface area (Å²) < 4.78 is 5.36. The molecule has 8 heteroatoms. The smallest absolute Gasteiger partial charge is 0.279 e. The second-order valence-electron chi connectivity index (χ2n) is 4.82. The maximum Gasteiger partial charge on any atom is 0.279 e. The van der Waals surface area contributed by atoms with E-state index in [1.54, 1.807) is 30.3 Å². The molecule has 1 atom stereocenters. The Bertz CT molecular complexity index is 731. The van der Waals surface area contributed by atoms with Gasteiger partial charge in [-0.1, -0.05) is 18.2 Å². The van der Waals surface area contributed by atoms with E-state index in [0.717, 1.165) is 0 Å². The molecule has 2 N–H and O–H groups in total. The van der Waals surface area contributed by atoms with Gasteiger partial charge >= 0.3 is 0 Å². The van der Waals surface area contributed by atoms with Gasteiger partial charge in [-0.05, 0) is 31.2 Å². The minimum atomic E-state index is -0.900. The third-order valence-electron chi connectivity index (χ3n) is 3.06. The van der Waals surface area contributed by atoms with E-state index in [9.17, 15) is 19.7 Å². The Labute approximate surface area is 137 Å². The second kappa shape index (κ2) is 7.73. The number of carbonyl (C=O) groups is 2. The molecule has 24 heavy (non-hydrogen) atoms. The fourth-order valence-corrected chi connectivity index (χ4v) is 1.79. The van der Waals surface area contributed by atoms with Crippen LogP contribution in [0, 0.1) is 10.1 Å². The molecule has 0 aliphatic rings. The summed E-state index contributed by atoms with van der Waals surface area (Å²) in [6, 6.07) is 13.7. The molecule has 2 rings (SSSR count). The minimum absolute atomic E-state index is 0.0745. The van der Waals surface area contributed by atoms with Crippen molar-refractivity contribution in [1.82, 2.24) is 10.9 Å². The van der Waals surface area contributed by atoms with Crippen LogP contribution in [-0.4, -0.2) is 22.8 Å². The predicted molar refractivity (Wildman–Crippen MR) is 85.2 cm³/mol. The molecule has 2 aromatic rings. The summed E-state index contributed by atoms with van der Waals surface area (Å²) in [5.74, 6) is -0.707. The van der Waals surface area contributed by atoms with Gasteiger partial charge < -0.3 is 4.74 Å². The van der Waals surface area contributed by atoms with E-state index in [0.29, 0.717) is 11.3 Å². The monoisotopic (exact) mass is 329 g/mol. The van der Waals surface area contributed by atoms with Gasteiger partial charge in [-0.25, -0.2) is 0 Å². The number of nitrogens with zero attached hydrogens (tertiary/aromatic N) is 1. The van der Waals surface area contributed by atoms with Crippen molar-refractivity contribution in [3.05, 3.63) is 70.3 Å². The first-order valence-corrected chi connectivity index (χ1v) is 7.03. The maximum atomic E-state index is 11.9. The molecule has 0 aromatic heterocycles. The number of hydrogen-bond donors (Lipinski definition) is 2. The van der Waals surface area contributed by atoms with Gasteiger partial charge in [0, 0.05) is 17.7 Å². The Hall–Kier alpha value is -3.42. The van der Waals surface area contributed by atoms with E-state index in [4.69, 9.17) is 4.74 Å². The number of nitro benzene ring substituents is 1. The molecule has 2 amide bonds. The Morgan fingerprint density at radius 3 is 2.25 bits per heavy atom. The summed E-state index contributed by atoms with van der Waals surface area (Å²) in [6.45, 7) is 1.49. The Morgan fingerprint density at radius 2 is 1.67 bits per heavy atom. The number of hydrogen-bond acceptors (Lipinski definition) is 5. The molecule has 0 saturated heterocycles. The van der Waals surface area contributed by atoms with Crippen LogP contribution < -0.4 is 15.6 Å². The van der Waals surface area contributed by atoms with Crippen LogP contribution in [0.5, 0.6) is 5.75 Å². The van der Waals surface area contributed by atoms with Crippen LogP contribution in [0.1, 0.15) is 17.3 Å². The van der Waals surface area contributed by atoms with E-state index < -0.39 is 22.8 Å². The Balaban J connectivity index is 1.85. The van der Waals surface area contributed by atoms with Gasteiger partial charge in [0.05, 0.1) is 4.92 Å². The van der Waals surface area contributed by atoms with Crippen molar-refractivity contribution in [1.29, 1.82) is 0 Å². The molecule has 0 spiro atoms.